The first-order valence-corrected chi connectivity index (χ1v) is 6.82. The number of carbonyl (C=O) groups is 2. The highest BCUT2D eigenvalue weighted by Gasteiger charge is 2.37. The van der Waals surface area contributed by atoms with Crippen LogP contribution < -0.4 is 0 Å². The number of halogens is 1. The topological polar surface area (TPSA) is 55.8 Å². The van der Waals surface area contributed by atoms with Crippen molar-refractivity contribution < 1.29 is 23.5 Å². The van der Waals surface area contributed by atoms with Crippen LogP contribution in [-0.2, 0) is 25.6 Å². The number of esters is 1. The van der Waals surface area contributed by atoms with Gasteiger partial charge in [-0.15, -0.1) is 0 Å². The van der Waals surface area contributed by atoms with Crippen LogP contribution in [0, 0.1) is 12.7 Å². The molecule has 0 N–H and O–H groups in total. The van der Waals surface area contributed by atoms with E-state index in [2.05, 4.69) is 0 Å². The maximum Gasteiger partial charge on any atom is 0.377 e. The SMILES string of the molecule is Cc1cc(CN(C)C(=O)/C=C2\OC(C)(C)OC2=O)ccc1F. The van der Waals surface area contributed by atoms with E-state index in [-0.39, 0.29) is 11.6 Å². The van der Waals surface area contributed by atoms with E-state index in [0.717, 1.165) is 11.6 Å². The number of ether oxygens (including phenoxy) is 2. The van der Waals surface area contributed by atoms with Crippen molar-refractivity contribution in [3.63, 3.8) is 0 Å². The summed E-state index contributed by atoms with van der Waals surface area (Å²) in [5.41, 5.74) is 1.31. The van der Waals surface area contributed by atoms with Crippen molar-refractivity contribution in [2.24, 2.45) is 0 Å². The van der Waals surface area contributed by atoms with E-state index in [1.807, 2.05) is 0 Å². The van der Waals surface area contributed by atoms with Crippen LogP contribution in [0.15, 0.2) is 30.0 Å². The highest BCUT2D eigenvalue weighted by molar-refractivity contribution is 5.97. The molecular formula is C16H18FNO4. The summed E-state index contributed by atoms with van der Waals surface area (Å²) < 4.78 is 23.4. The molecule has 1 aromatic carbocycles. The van der Waals surface area contributed by atoms with E-state index in [1.165, 1.54) is 11.0 Å². The van der Waals surface area contributed by atoms with Crippen LogP contribution in [0.4, 0.5) is 4.39 Å². The summed E-state index contributed by atoms with van der Waals surface area (Å²) in [6, 6.07) is 4.65. The van der Waals surface area contributed by atoms with Crippen LogP contribution in [0.25, 0.3) is 0 Å². The summed E-state index contributed by atoms with van der Waals surface area (Å²) in [5.74, 6) is -2.52. The fourth-order valence-electron chi connectivity index (χ4n) is 2.07. The van der Waals surface area contributed by atoms with E-state index in [0.29, 0.717) is 12.1 Å². The number of hydrogen-bond donors (Lipinski definition) is 0. The molecule has 0 aliphatic carbocycles. The number of benzene rings is 1. The second-order valence-corrected chi connectivity index (χ2v) is 5.68. The molecule has 0 atom stereocenters. The third kappa shape index (κ3) is 3.63. The maximum absolute atomic E-state index is 13.2. The van der Waals surface area contributed by atoms with Crippen LogP contribution >= 0.6 is 0 Å². The van der Waals surface area contributed by atoms with E-state index in [1.54, 1.807) is 40.0 Å². The van der Waals surface area contributed by atoms with Gasteiger partial charge in [0, 0.05) is 27.4 Å². The van der Waals surface area contributed by atoms with E-state index >= 15 is 0 Å². The Labute approximate surface area is 128 Å². The van der Waals surface area contributed by atoms with Gasteiger partial charge in [0.1, 0.15) is 5.82 Å². The Hall–Kier alpha value is -2.37. The maximum atomic E-state index is 13.2. The number of rotatable bonds is 3. The number of amides is 1. The molecule has 2 rings (SSSR count). The lowest BCUT2D eigenvalue weighted by atomic mass is 10.1. The first kappa shape index (κ1) is 16.0. The summed E-state index contributed by atoms with van der Waals surface area (Å²) in [6.45, 7) is 5.12. The average molecular weight is 307 g/mol. The van der Waals surface area contributed by atoms with Crippen molar-refractivity contribution in [1.82, 2.24) is 4.90 Å². The fraction of sp³-hybridized carbons (Fsp3) is 0.375. The van der Waals surface area contributed by atoms with E-state index in [4.69, 9.17) is 9.47 Å². The second-order valence-electron chi connectivity index (χ2n) is 5.68. The van der Waals surface area contributed by atoms with Crippen molar-refractivity contribution in [3.05, 3.63) is 47.0 Å². The molecule has 0 unspecified atom stereocenters. The summed E-state index contributed by atoms with van der Waals surface area (Å²) in [4.78, 5) is 25.1. The number of carbonyl (C=O) groups excluding carboxylic acids is 2. The normalized spacial score (nSPS) is 18.0. The number of likely N-dealkylation sites (N-methyl/N-ethyl adjacent to an activating group) is 1. The van der Waals surface area contributed by atoms with Crippen LogP contribution in [0.1, 0.15) is 25.0 Å². The highest BCUT2D eigenvalue weighted by atomic mass is 19.1. The molecule has 6 heteroatoms. The van der Waals surface area contributed by atoms with Crippen molar-refractivity contribution >= 4 is 11.9 Å². The van der Waals surface area contributed by atoms with Crippen LogP contribution in [0.3, 0.4) is 0 Å². The van der Waals surface area contributed by atoms with Gasteiger partial charge in [0.2, 0.25) is 11.5 Å². The third-order valence-corrected chi connectivity index (χ3v) is 3.17. The fourth-order valence-corrected chi connectivity index (χ4v) is 2.07. The molecule has 1 fully saturated rings. The van der Waals surface area contributed by atoms with Gasteiger partial charge in [0.15, 0.2) is 0 Å². The summed E-state index contributed by atoms with van der Waals surface area (Å²) in [6.07, 6.45) is 1.10. The van der Waals surface area contributed by atoms with Crippen LogP contribution in [0.5, 0.6) is 0 Å². The van der Waals surface area contributed by atoms with Gasteiger partial charge in [-0.05, 0) is 24.1 Å². The number of nitrogens with zero attached hydrogens (tertiary/aromatic N) is 1. The number of cyclic esters (lactones) is 1. The predicted molar refractivity (Wildman–Crippen MR) is 77.0 cm³/mol. The quantitative estimate of drug-likeness (QED) is 0.635. The first-order valence-electron chi connectivity index (χ1n) is 6.82. The third-order valence-electron chi connectivity index (χ3n) is 3.17. The molecule has 0 bridgehead atoms. The summed E-state index contributed by atoms with van der Waals surface area (Å²) in [5, 5.41) is 0. The van der Waals surface area contributed by atoms with Crippen molar-refractivity contribution in [2.75, 3.05) is 7.05 Å². The molecular weight excluding hydrogens is 289 g/mol. The molecule has 1 aliphatic heterocycles. The molecule has 1 aliphatic rings. The van der Waals surface area contributed by atoms with Crippen LogP contribution in [-0.4, -0.2) is 29.6 Å². The highest BCUT2D eigenvalue weighted by Crippen LogP contribution is 2.26. The largest absolute Gasteiger partial charge is 0.445 e. The second kappa shape index (κ2) is 5.79. The smallest absolute Gasteiger partial charge is 0.377 e. The Morgan fingerprint density at radius 3 is 2.59 bits per heavy atom. The van der Waals surface area contributed by atoms with Gasteiger partial charge >= 0.3 is 5.97 Å². The molecule has 1 amide bonds. The van der Waals surface area contributed by atoms with Gasteiger partial charge in [-0.2, -0.15) is 0 Å². The number of hydrogen-bond acceptors (Lipinski definition) is 4. The lowest BCUT2D eigenvalue weighted by Crippen LogP contribution is -2.25. The minimum absolute atomic E-state index is 0.114. The molecule has 1 heterocycles. The number of aryl methyl sites for hydroxylation is 1. The predicted octanol–water partition coefficient (Wildman–Crippen LogP) is 2.29. The van der Waals surface area contributed by atoms with Gasteiger partial charge in [0.05, 0.1) is 6.08 Å². The van der Waals surface area contributed by atoms with E-state index < -0.39 is 17.7 Å². The van der Waals surface area contributed by atoms with Crippen molar-refractivity contribution in [1.29, 1.82) is 0 Å². The zero-order chi connectivity index (χ0) is 16.5. The minimum atomic E-state index is -1.06. The summed E-state index contributed by atoms with van der Waals surface area (Å²) >= 11 is 0. The van der Waals surface area contributed by atoms with Crippen LogP contribution in [0.2, 0.25) is 0 Å². The Bertz CT molecular complexity index is 652. The lowest BCUT2D eigenvalue weighted by molar-refractivity contribution is -0.159. The van der Waals surface area contributed by atoms with Gasteiger partial charge in [-0.3, -0.25) is 4.79 Å². The minimum Gasteiger partial charge on any atom is -0.445 e. The Balaban J connectivity index is 2.06. The molecule has 0 spiro atoms. The molecule has 0 saturated carbocycles. The average Bonchev–Trinajstić information content (AvgIpc) is 2.66. The van der Waals surface area contributed by atoms with Gasteiger partial charge in [-0.25, -0.2) is 9.18 Å². The Morgan fingerprint density at radius 2 is 2.05 bits per heavy atom. The van der Waals surface area contributed by atoms with Gasteiger partial charge in [0.25, 0.3) is 5.91 Å². The summed E-state index contributed by atoms with van der Waals surface area (Å²) in [7, 11) is 1.59. The van der Waals surface area contributed by atoms with Crippen molar-refractivity contribution in [2.45, 2.75) is 33.1 Å². The Morgan fingerprint density at radius 1 is 1.36 bits per heavy atom. The zero-order valence-corrected chi connectivity index (χ0v) is 13.0. The molecule has 118 valence electrons. The Kier molecular flexibility index (Phi) is 4.21. The van der Waals surface area contributed by atoms with Crippen molar-refractivity contribution in [3.8, 4) is 0 Å². The molecule has 22 heavy (non-hydrogen) atoms. The van der Waals surface area contributed by atoms with E-state index in [9.17, 15) is 14.0 Å². The molecule has 1 saturated heterocycles. The lowest BCUT2D eigenvalue weighted by Gasteiger charge is -2.16. The monoisotopic (exact) mass is 307 g/mol. The molecule has 1 aromatic rings. The van der Waals surface area contributed by atoms with Gasteiger partial charge < -0.3 is 14.4 Å². The van der Waals surface area contributed by atoms with Gasteiger partial charge in [-0.1, -0.05) is 12.1 Å². The molecule has 0 radical (unpaired) electrons. The zero-order valence-electron chi connectivity index (χ0n) is 13.0. The first-order chi connectivity index (χ1) is 10.2. The molecule has 0 aromatic heterocycles. The standard InChI is InChI=1S/C16H18FNO4/c1-10-7-11(5-6-12(10)17)9-18(4)14(19)8-13-15(20)22-16(2,3)21-13/h5-8H,9H2,1-4H3/b13-8-. The molecule has 5 nitrogen and oxygen atoms in total.